The average Bonchev–Trinajstić information content (AvgIpc) is 2.49. The van der Waals surface area contributed by atoms with Gasteiger partial charge in [0.1, 0.15) is 5.69 Å². The number of aromatic hydroxyl groups is 1. The molecule has 3 aromatic rings. The van der Waals surface area contributed by atoms with Gasteiger partial charge in [-0.05, 0) is 43.0 Å². The van der Waals surface area contributed by atoms with E-state index in [9.17, 15) is 5.11 Å². The first-order chi connectivity index (χ1) is 10.1. The van der Waals surface area contributed by atoms with Crippen molar-refractivity contribution in [2.75, 3.05) is 0 Å². The largest absolute Gasteiger partial charge is 0.505 e. The molecule has 0 aliphatic heterocycles. The molecule has 0 heterocycles. The summed E-state index contributed by atoms with van der Waals surface area (Å²) in [5.74, 6) is 0.182. The van der Waals surface area contributed by atoms with Crippen LogP contribution < -0.4 is 0 Å². The number of rotatable bonds is 2. The van der Waals surface area contributed by atoms with Crippen molar-refractivity contribution in [3.63, 3.8) is 0 Å². The lowest BCUT2D eigenvalue weighted by Gasteiger charge is -2.07. The van der Waals surface area contributed by atoms with Crippen LogP contribution in [0.4, 0.5) is 11.4 Å². The van der Waals surface area contributed by atoms with Gasteiger partial charge in [0.2, 0.25) is 0 Å². The summed E-state index contributed by atoms with van der Waals surface area (Å²) in [4.78, 5) is 0. The fourth-order valence-corrected chi connectivity index (χ4v) is 2.30. The van der Waals surface area contributed by atoms with E-state index >= 15 is 0 Å². The highest BCUT2D eigenvalue weighted by Gasteiger charge is 2.09. The van der Waals surface area contributed by atoms with Crippen LogP contribution in [-0.4, -0.2) is 5.11 Å². The van der Waals surface area contributed by atoms with Crippen LogP contribution in [-0.2, 0) is 0 Å². The predicted molar refractivity (Wildman–Crippen MR) is 85.7 cm³/mol. The minimum Gasteiger partial charge on any atom is -0.505 e. The molecule has 0 unspecified atom stereocenters. The first kappa shape index (κ1) is 13.3. The molecule has 21 heavy (non-hydrogen) atoms. The van der Waals surface area contributed by atoms with Crippen LogP contribution in [0, 0.1) is 13.8 Å². The van der Waals surface area contributed by atoms with Crippen molar-refractivity contribution < 1.29 is 5.11 Å². The molecule has 1 N–H and O–H groups in total. The molecule has 0 saturated carbocycles. The van der Waals surface area contributed by atoms with Crippen molar-refractivity contribution in [1.82, 2.24) is 0 Å². The van der Waals surface area contributed by atoms with Crippen LogP contribution >= 0.6 is 0 Å². The van der Waals surface area contributed by atoms with E-state index in [0.717, 1.165) is 22.0 Å². The number of fused-ring (bicyclic) bond motifs is 1. The van der Waals surface area contributed by atoms with Crippen molar-refractivity contribution in [2.45, 2.75) is 13.8 Å². The van der Waals surface area contributed by atoms with Gasteiger partial charge in [-0.25, -0.2) is 0 Å². The Labute approximate surface area is 123 Å². The van der Waals surface area contributed by atoms with E-state index in [-0.39, 0.29) is 5.75 Å². The number of phenolic OH excluding ortho intramolecular Hbond substituents is 1. The first-order valence-electron chi connectivity index (χ1n) is 6.85. The van der Waals surface area contributed by atoms with Crippen LogP contribution in [0.25, 0.3) is 10.8 Å². The smallest absolute Gasteiger partial charge is 0.151 e. The molecule has 0 aliphatic rings. The van der Waals surface area contributed by atoms with Crippen molar-refractivity contribution in [2.24, 2.45) is 10.2 Å². The molecule has 3 rings (SSSR count). The summed E-state index contributed by atoms with van der Waals surface area (Å²) < 4.78 is 0. The topological polar surface area (TPSA) is 45.0 Å². The van der Waals surface area contributed by atoms with E-state index < -0.39 is 0 Å². The molecule has 0 spiro atoms. The monoisotopic (exact) mass is 276 g/mol. The van der Waals surface area contributed by atoms with Gasteiger partial charge in [-0.2, -0.15) is 5.11 Å². The number of nitrogens with zero attached hydrogens (tertiary/aromatic N) is 2. The third-order valence-electron chi connectivity index (χ3n) is 3.49. The van der Waals surface area contributed by atoms with Crippen LogP contribution in [0.5, 0.6) is 5.75 Å². The Hall–Kier alpha value is -2.68. The third-order valence-corrected chi connectivity index (χ3v) is 3.49. The van der Waals surface area contributed by atoms with E-state index in [1.165, 1.54) is 5.56 Å². The van der Waals surface area contributed by atoms with Gasteiger partial charge in [0.15, 0.2) is 5.75 Å². The fourth-order valence-electron chi connectivity index (χ4n) is 2.30. The third kappa shape index (κ3) is 2.63. The predicted octanol–water partition coefficient (Wildman–Crippen LogP) is 5.58. The second-order valence-corrected chi connectivity index (χ2v) is 5.15. The van der Waals surface area contributed by atoms with Gasteiger partial charge in [0.05, 0.1) is 5.69 Å². The van der Waals surface area contributed by atoms with Crippen molar-refractivity contribution >= 4 is 22.1 Å². The number of azo groups is 1. The summed E-state index contributed by atoms with van der Waals surface area (Å²) in [6.07, 6.45) is 0. The molecule has 0 atom stereocenters. The molecule has 0 amide bonds. The molecule has 0 aromatic heterocycles. The Morgan fingerprint density at radius 3 is 2.33 bits per heavy atom. The average molecular weight is 276 g/mol. The lowest BCUT2D eigenvalue weighted by atomic mass is 10.0. The fraction of sp³-hybridized carbons (Fsp3) is 0.111. The molecule has 3 heteroatoms. The van der Waals surface area contributed by atoms with Gasteiger partial charge >= 0.3 is 0 Å². The molecular formula is C18H16N2O. The normalized spacial score (nSPS) is 11.3. The summed E-state index contributed by atoms with van der Waals surface area (Å²) in [6, 6.07) is 17.5. The van der Waals surface area contributed by atoms with Gasteiger partial charge in [-0.15, -0.1) is 5.11 Å². The minimum atomic E-state index is 0.182. The molecule has 3 nitrogen and oxygen atoms in total. The molecule has 0 fully saturated rings. The summed E-state index contributed by atoms with van der Waals surface area (Å²) in [6.45, 7) is 3.95. The highest BCUT2D eigenvalue weighted by Crippen LogP contribution is 2.38. The van der Waals surface area contributed by atoms with Gasteiger partial charge in [0.25, 0.3) is 0 Å². The van der Waals surface area contributed by atoms with Crippen LogP contribution in [0.15, 0.2) is 64.8 Å². The molecule has 104 valence electrons. The van der Waals surface area contributed by atoms with Crippen LogP contribution in [0.3, 0.4) is 0 Å². The lowest BCUT2D eigenvalue weighted by molar-refractivity contribution is 0.482. The maximum atomic E-state index is 10.4. The van der Waals surface area contributed by atoms with Crippen LogP contribution in [0.1, 0.15) is 11.1 Å². The van der Waals surface area contributed by atoms with Gasteiger partial charge < -0.3 is 5.11 Å². The quantitative estimate of drug-likeness (QED) is 0.610. The maximum absolute atomic E-state index is 10.4. The van der Waals surface area contributed by atoms with E-state index in [0.29, 0.717) is 5.69 Å². The first-order valence-corrected chi connectivity index (χ1v) is 6.85. The molecule has 3 aromatic carbocycles. The summed E-state index contributed by atoms with van der Waals surface area (Å²) in [5.41, 5.74) is 3.38. The number of aryl methyl sites for hydroxylation is 2. The van der Waals surface area contributed by atoms with Gasteiger partial charge in [-0.1, -0.05) is 42.0 Å². The Morgan fingerprint density at radius 2 is 1.57 bits per heavy atom. The lowest BCUT2D eigenvalue weighted by Crippen LogP contribution is -1.80. The standard InChI is InChI=1S/C18H16N2O/c1-12-7-9-15(10-8-12)19-20-17-13(2)11-14-5-3-4-6-16(14)18(17)21/h3-11,21H,1-2H3. The summed E-state index contributed by atoms with van der Waals surface area (Å²) in [7, 11) is 0. The maximum Gasteiger partial charge on any atom is 0.151 e. The number of hydrogen-bond donors (Lipinski definition) is 1. The van der Waals surface area contributed by atoms with Crippen molar-refractivity contribution in [1.29, 1.82) is 0 Å². The second-order valence-electron chi connectivity index (χ2n) is 5.15. The molecule has 0 saturated heterocycles. The molecule has 0 radical (unpaired) electrons. The number of benzene rings is 3. The summed E-state index contributed by atoms with van der Waals surface area (Å²) >= 11 is 0. The molecular weight excluding hydrogens is 260 g/mol. The highest BCUT2D eigenvalue weighted by atomic mass is 16.3. The zero-order chi connectivity index (χ0) is 14.8. The Kier molecular flexibility index (Phi) is 3.40. The van der Waals surface area contributed by atoms with Gasteiger partial charge in [-0.3, -0.25) is 0 Å². The zero-order valence-electron chi connectivity index (χ0n) is 12.0. The second kappa shape index (κ2) is 5.37. The zero-order valence-corrected chi connectivity index (χ0v) is 12.0. The Bertz CT molecular complexity index is 820. The van der Waals surface area contributed by atoms with E-state index in [4.69, 9.17) is 0 Å². The number of phenols is 1. The molecule has 0 bridgehead atoms. The minimum absolute atomic E-state index is 0.182. The van der Waals surface area contributed by atoms with E-state index in [2.05, 4.69) is 10.2 Å². The molecule has 0 aliphatic carbocycles. The number of hydrogen-bond acceptors (Lipinski definition) is 3. The Balaban J connectivity index is 2.06. The van der Waals surface area contributed by atoms with E-state index in [1.807, 2.05) is 68.4 Å². The summed E-state index contributed by atoms with van der Waals surface area (Å²) in [5, 5.41) is 20.6. The van der Waals surface area contributed by atoms with E-state index in [1.54, 1.807) is 0 Å². The van der Waals surface area contributed by atoms with Gasteiger partial charge in [0, 0.05) is 5.39 Å². The SMILES string of the molecule is Cc1ccc(N=Nc2c(C)cc3ccccc3c2O)cc1. The Morgan fingerprint density at radius 1 is 0.857 bits per heavy atom. The van der Waals surface area contributed by atoms with Crippen molar-refractivity contribution in [3.8, 4) is 5.75 Å². The van der Waals surface area contributed by atoms with Crippen molar-refractivity contribution in [3.05, 3.63) is 65.7 Å². The highest BCUT2D eigenvalue weighted by molar-refractivity contribution is 5.93. The van der Waals surface area contributed by atoms with Crippen LogP contribution in [0.2, 0.25) is 0 Å².